The molecule has 0 fully saturated rings. The zero-order valence-electron chi connectivity index (χ0n) is 12.2. The van der Waals surface area contributed by atoms with E-state index in [1.54, 1.807) is 11.8 Å². The van der Waals surface area contributed by atoms with E-state index in [0.29, 0.717) is 11.1 Å². The molecule has 1 amide bonds. The molecule has 0 aliphatic heterocycles. The van der Waals surface area contributed by atoms with Crippen molar-refractivity contribution in [3.8, 4) is 11.8 Å². The number of aliphatic hydroxyl groups is 1. The SMILES string of the molecule is CCSCC(C)NC(=O)c1cc(C)ccc1C#CCO. The fraction of sp³-hybridized carbons (Fsp3) is 0.438. The van der Waals surface area contributed by atoms with Crippen LogP contribution in [0.5, 0.6) is 0 Å². The summed E-state index contributed by atoms with van der Waals surface area (Å²) in [4.78, 5) is 12.3. The maximum Gasteiger partial charge on any atom is 0.252 e. The molecule has 0 bridgehead atoms. The minimum absolute atomic E-state index is 0.111. The van der Waals surface area contributed by atoms with E-state index >= 15 is 0 Å². The lowest BCUT2D eigenvalue weighted by atomic mass is 10.0. The van der Waals surface area contributed by atoms with Crippen molar-refractivity contribution in [1.29, 1.82) is 0 Å². The first kappa shape index (κ1) is 16.6. The summed E-state index contributed by atoms with van der Waals surface area (Å²) in [5.74, 6) is 7.23. The maximum absolute atomic E-state index is 12.3. The highest BCUT2D eigenvalue weighted by molar-refractivity contribution is 7.99. The molecule has 108 valence electrons. The summed E-state index contributed by atoms with van der Waals surface area (Å²) in [5.41, 5.74) is 2.23. The van der Waals surface area contributed by atoms with Gasteiger partial charge in [0.2, 0.25) is 0 Å². The molecule has 1 aromatic rings. The van der Waals surface area contributed by atoms with Gasteiger partial charge in [-0.2, -0.15) is 11.8 Å². The molecule has 0 saturated carbocycles. The molecule has 1 aromatic carbocycles. The molecule has 1 atom stereocenters. The van der Waals surface area contributed by atoms with E-state index in [2.05, 4.69) is 24.1 Å². The van der Waals surface area contributed by atoms with Crippen LogP contribution in [0.15, 0.2) is 18.2 Å². The standard InChI is InChI=1S/C16H21NO2S/c1-4-20-11-13(3)17-16(19)15-10-12(2)7-8-14(15)6-5-9-18/h7-8,10,13,18H,4,9,11H2,1-3H3,(H,17,19). The third-order valence-electron chi connectivity index (χ3n) is 2.67. The number of aliphatic hydroxyl groups excluding tert-OH is 1. The molecular formula is C16H21NO2S. The first-order valence-corrected chi connectivity index (χ1v) is 7.83. The van der Waals surface area contributed by atoms with Crippen molar-refractivity contribution in [2.45, 2.75) is 26.8 Å². The van der Waals surface area contributed by atoms with Gasteiger partial charge in [-0.1, -0.05) is 30.4 Å². The molecule has 0 radical (unpaired) electrons. The first-order valence-electron chi connectivity index (χ1n) is 6.67. The van der Waals surface area contributed by atoms with Gasteiger partial charge in [0, 0.05) is 17.4 Å². The summed E-state index contributed by atoms with van der Waals surface area (Å²) < 4.78 is 0. The maximum atomic E-state index is 12.3. The van der Waals surface area contributed by atoms with Gasteiger partial charge >= 0.3 is 0 Å². The Hall–Kier alpha value is -1.44. The molecule has 0 aliphatic rings. The molecule has 1 rings (SSSR count). The number of rotatable bonds is 5. The van der Waals surface area contributed by atoms with E-state index in [0.717, 1.165) is 17.1 Å². The summed E-state index contributed by atoms with van der Waals surface area (Å²) in [7, 11) is 0. The predicted molar refractivity (Wildman–Crippen MR) is 85.1 cm³/mol. The number of carbonyl (C=O) groups excluding carboxylic acids is 1. The van der Waals surface area contributed by atoms with Gasteiger partial charge in [0.05, 0.1) is 5.56 Å². The minimum Gasteiger partial charge on any atom is -0.384 e. The summed E-state index contributed by atoms with van der Waals surface area (Å²) in [6.45, 7) is 5.83. The third-order valence-corrected chi connectivity index (χ3v) is 3.82. The number of hydrogen-bond donors (Lipinski definition) is 2. The number of nitrogens with one attached hydrogen (secondary N) is 1. The second-order valence-corrected chi connectivity index (χ2v) is 5.86. The molecule has 0 aliphatic carbocycles. The van der Waals surface area contributed by atoms with E-state index in [-0.39, 0.29) is 18.6 Å². The number of benzene rings is 1. The average molecular weight is 291 g/mol. The molecule has 3 nitrogen and oxygen atoms in total. The van der Waals surface area contributed by atoms with Gasteiger partial charge in [0.1, 0.15) is 6.61 Å². The fourth-order valence-electron chi connectivity index (χ4n) is 1.73. The van der Waals surface area contributed by atoms with Crippen LogP contribution in [0, 0.1) is 18.8 Å². The average Bonchev–Trinajstić information content (AvgIpc) is 2.43. The molecule has 2 N–H and O–H groups in total. The molecule has 4 heteroatoms. The lowest BCUT2D eigenvalue weighted by molar-refractivity contribution is 0.0943. The lowest BCUT2D eigenvalue weighted by Crippen LogP contribution is -2.34. The van der Waals surface area contributed by atoms with Gasteiger partial charge in [0.15, 0.2) is 0 Å². The lowest BCUT2D eigenvalue weighted by Gasteiger charge is -2.14. The summed E-state index contributed by atoms with van der Waals surface area (Å²) >= 11 is 1.80. The summed E-state index contributed by atoms with van der Waals surface area (Å²) in [6.07, 6.45) is 0. The summed E-state index contributed by atoms with van der Waals surface area (Å²) in [5, 5.41) is 11.8. The number of thioether (sulfide) groups is 1. The van der Waals surface area contributed by atoms with E-state index < -0.39 is 0 Å². The van der Waals surface area contributed by atoms with Crippen molar-refractivity contribution in [2.75, 3.05) is 18.1 Å². The van der Waals surface area contributed by atoms with Crippen molar-refractivity contribution in [2.24, 2.45) is 0 Å². The Morgan fingerprint density at radius 1 is 1.50 bits per heavy atom. The van der Waals surface area contributed by atoms with Crippen molar-refractivity contribution in [1.82, 2.24) is 5.32 Å². The quantitative estimate of drug-likeness (QED) is 0.818. The Morgan fingerprint density at radius 2 is 2.25 bits per heavy atom. The van der Waals surface area contributed by atoms with Crippen LogP contribution >= 0.6 is 11.8 Å². The van der Waals surface area contributed by atoms with Crippen LogP contribution in [0.1, 0.15) is 35.3 Å². The largest absolute Gasteiger partial charge is 0.384 e. The van der Waals surface area contributed by atoms with Crippen LogP contribution < -0.4 is 5.32 Å². The van der Waals surface area contributed by atoms with E-state index in [1.165, 1.54) is 0 Å². The Bertz CT molecular complexity index is 517. The molecule has 0 heterocycles. The fourth-order valence-corrected chi connectivity index (χ4v) is 2.40. The number of amides is 1. The molecule has 20 heavy (non-hydrogen) atoms. The second-order valence-electron chi connectivity index (χ2n) is 4.54. The highest BCUT2D eigenvalue weighted by atomic mass is 32.2. The Kier molecular flexibility index (Phi) is 7.21. The summed E-state index contributed by atoms with van der Waals surface area (Å²) in [6, 6.07) is 5.68. The van der Waals surface area contributed by atoms with Crippen LogP contribution in [0.4, 0.5) is 0 Å². The van der Waals surface area contributed by atoms with Crippen molar-refractivity contribution >= 4 is 17.7 Å². The topological polar surface area (TPSA) is 49.3 Å². The van der Waals surface area contributed by atoms with E-state index in [1.807, 2.05) is 32.0 Å². The van der Waals surface area contributed by atoms with E-state index in [9.17, 15) is 4.79 Å². The Balaban J connectivity index is 2.88. The second kappa shape index (κ2) is 8.68. The van der Waals surface area contributed by atoms with Gasteiger partial charge in [-0.3, -0.25) is 4.79 Å². The first-order chi connectivity index (χ1) is 9.58. The van der Waals surface area contributed by atoms with Crippen LogP contribution in [-0.4, -0.2) is 35.2 Å². The molecule has 0 aromatic heterocycles. The van der Waals surface area contributed by atoms with Gasteiger partial charge in [-0.25, -0.2) is 0 Å². The number of aryl methyl sites for hydroxylation is 1. The van der Waals surface area contributed by atoms with Crippen LogP contribution in [0.3, 0.4) is 0 Å². The Morgan fingerprint density at radius 3 is 2.90 bits per heavy atom. The smallest absolute Gasteiger partial charge is 0.252 e. The zero-order valence-corrected chi connectivity index (χ0v) is 13.0. The van der Waals surface area contributed by atoms with Gasteiger partial charge in [-0.15, -0.1) is 0 Å². The van der Waals surface area contributed by atoms with Crippen molar-refractivity contribution in [3.63, 3.8) is 0 Å². The normalized spacial score (nSPS) is 11.4. The van der Waals surface area contributed by atoms with Crippen molar-refractivity contribution in [3.05, 3.63) is 34.9 Å². The molecule has 0 spiro atoms. The van der Waals surface area contributed by atoms with E-state index in [4.69, 9.17) is 5.11 Å². The van der Waals surface area contributed by atoms with Gasteiger partial charge in [0.25, 0.3) is 5.91 Å². The minimum atomic E-state index is -0.210. The third kappa shape index (κ3) is 5.28. The molecule has 0 saturated heterocycles. The van der Waals surface area contributed by atoms with Crippen LogP contribution in [0.25, 0.3) is 0 Å². The highest BCUT2D eigenvalue weighted by Gasteiger charge is 2.13. The molecule has 1 unspecified atom stereocenters. The molecular weight excluding hydrogens is 270 g/mol. The van der Waals surface area contributed by atoms with Crippen molar-refractivity contribution < 1.29 is 9.90 Å². The Labute approximate surface area is 125 Å². The highest BCUT2D eigenvalue weighted by Crippen LogP contribution is 2.12. The van der Waals surface area contributed by atoms with Gasteiger partial charge < -0.3 is 10.4 Å². The van der Waals surface area contributed by atoms with Crippen LogP contribution in [0.2, 0.25) is 0 Å². The van der Waals surface area contributed by atoms with Crippen LogP contribution in [-0.2, 0) is 0 Å². The van der Waals surface area contributed by atoms with Gasteiger partial charge in [-0.05, 0) is 31.7 Å². The predicted octanol–water partition coefficient (Wildman–Crippen LogP) is 2.21. The monoisotopic (exact) mass is 291 g/mol. The number of carbonyl (C=O) groups is 1. The zero-order chi connectivity index (χ0) is 15.0. The number of hydrogen-bond acceptors (Lipinski definition) is 3.